The molecule has 3 rings (SSSR count). The first-order chi connectivity index (χ1) is 12.4. The molecule has 2 aromatic heterocycles. The molecule has 0 unspecified atom stereocenters. The van der Waals surface area contributed by atoms with Gasteiger partial charge in [0.05, 0.1) is 24.1 Å². The molecule has 2 atom stereocenters. The van der Waals surface area contributed by atoms with Gasteiger partial charge in [0, 0.05) is 26.7 Å². The molecule has 140 valence electrons. The zero-order chi connectivity index (χ0) is 18.7. The van der Waals surface area contributed by atoms with Crippen molar-refractivity contribution in [2.24, 2.45) is 0 Å². The van der Waals surface area contributed by atoms with E-state index in [0.29, 0.717) is 5.82 Å². The summed E-state index contributed by atoms with van der Waals surface area (Å²) in [5.74, 6) is 1.50. The molecular weight excluding hydrogens is 350 g/mol. The number of piperidine rings is 1. The molecule has 0 radical (unpaired) electrons. The van der Waals surface area contributed by atoms with Gasteiger partial charge in [-0.3, -0.25) is 4.98 Å². The number of amides is 2. The number of aryl methyl sites for hydroxylation is 1. The zero-order valence-corrected chi connectivity index (χ0v) is 16.4. The lowest BCUT2D eigenvalue weighted by Gasteiger charge is -2.40. The largest absolute Gasteiger partial charge is 0.351 e. The summed E-state index contributed by atoms with van der Waals surface area (Å²) in [5, 5.41) is 7.30. The van der Waals surface area contributed by atoms with Gasteiger partial charge < -0.3 is 20.4 Å². The lowest BCUT2D eigenvalue weighted by Crippen LogP contribution is -2.56. The fraction of sp³-hybridized carbons (Fsp3) is 0.529. The number of anilines is 3. The minimum atomic E-state index is -0.0641. The van der Waals surface area contributed by atoms with Crippen LogP contribution in [-0.4, -0.2) is 58.0 Å². The van der Waals surface area contributed by atoms with Crippen LogP contribution in [-0.2, 0) is 0 Å². The standard InChI is InChI=1S/C17H25N7OS/c1-11-8-16(26-22-11)21-14-9-18-10-15(20-14)24-7-5-6-13(12(24)2)19-17(25)23(3)4/h8-10,12-13H,5-7H2,1-4H3,(H,19,25)(H,20,21)/t12-,13-/m1/s1. The SMILES string of the molecule is Cc1cc(Nc2cncc(N3CCC[C@@H](NC(=O)N(C)C)[C@H]3C)n2)sn1. The van der Waals surface area contributed by atoms with E-state index in [1.807, 2.05) is 13.0 Å². The lowest BCUT2D eigenvalue weighted by atomic mass is 9.97. The highest BCUT2D eigenvalue weighted by atomic mass is 32.1. The number of hydrogen-bond donors (Lipinski definition) is 2. The molecule has 26 heavy (non-hydrogen) atoms. The van der Waals surface area contributed by atoms with Crippen LogP contribution < -0.4 is 15.5 Å². The smallest absolute Gasteiger partial charge is 0.317 e. The van der Waals surface area contributed by atoms with Crippen molar-refractivity contribution in [1.29, 1.82) is 0 Å². The molecule has 2 N–H and O–H groups in total. The van der Waals surface area contributed by atoms with Gasteiger partial charge >= 0.3 is 6.03 Å². The first-order valence-electron chi connectivity index (χ1n) is 8.71. The number of nitrogens with one attached hydrogen (secondary N) is 2. The summed E-state index contributed by atoms with van der Waals surface area (Å²) in [5.41, 5.74) is 0.978. The van der Waals surface area contributed by atoms with Gasteiger partial charge in [-0.05, 0) is 44.3 Å². The predicted molar refractivity (Wildman–Crippen MR) is 104 cm³/mol. The lowest BCUT2D eigenvalue weighted by molar-refractivity contribution is 0.207. The fourth-order valence-electron chi connectivity index (χ4n) is 3.05. The molecule has 1 aliphatic rings. The molecule has 0 aromatic carbocycles. The molecule has 1 aliphatic heterocycles. The maximum Gasteiger partial charge on any atom is 0.317 e. The molecule has 9 heteroatoms. The average molecular weight is 376 g/mol. The Labute approximate surface area is 157 Å². The van der Waals surface area contributed by atoms with E-state index in [0.717, 1.165) is 35.9 Å². The van der Waals surface area contributed by atoms with Gasteiger partial charge in [0.1, 0.15) is 10.8 Å². The van der Waals surface area contributed by atoms with Gasteiger partial charge in [-0.2, -0.15) is 4.37 Å². The second-order valence-electron chi connectivity index (χ2n) is 6.75. The second kappa shape index (κ2) is 7.86. The Morgan fingerprint density at radius 1 is 1.38 bits per heavy atom. The first kappa shape index (κ1) is 18.4. The molecule has 0 saturated carbocycles. The molecule has 3 heterocycles. The Morgan fingerprint density at radius 2 is 2.19 bits per heavy atom. The maximum absolute atomic E-state index is 12.0. The third-order valence-corrected chi connectivity index (χ3v) is 5.29. The molecule has 0 spiro atoms. The number of urea groups is 1. The fourth-order valence-corrected chi connectivity index (χ4v) is 3.72. The van der Waals surface area contributed by atoms with Crippen LogP contribution in [0.5, 0.6) is 0 Å². The number of nitrogens with zero attached hydrogens (tertiary/aromatic N) is 5. The Hall–Kier alpha value is -2.42. The summed E-state index contributed by atoms with van der Waals surface area (Å²) in [4.78, 5) is 24.8. The van der Waals surface area contributed by atoms with E-state index < -0.39 is 0 Å². The third kappa shape index (κ3) is 4.21. The van der Waals surface area contributed by atoms with Gasteiger partial charge in [0.25, 0.3) is 0 Å². The van der Waals surface area contributed by atoms with Crippen molar-refractivity contribution < 1.29 is 4.79 Å². The number of carbonyl (C=O) groups excluding carboxylic acids is 1. The molecule has 1 fully saturated rings. The minimum Gasteiger partial charge on any atom is -0.351 e. The Kier molecular flexibility index (Phi) is 5.55. The van der Waals surface area contributed by atoms with Crippen LogP contribution >= 0.6 is 11.5 Å². The van der Waals surface area contributed by atoms with Gasteiger partial charge in [-0.25, -0.2) is 9.78 Å². The van der Waals surface area contributed by atoms with E-state index in [4.69, 9.17) is 4.98 Å². The van der Waals surface area contributed by atoms with E-state index in [1.54, 1.807) is 31.4 Å². The highest BCUT2D eigenvalue weighted by Crippen LogP contribution is 2.25. The monoisotopic (exact) mass is 375 g/mol. The van der Waals surface area contributed by atoms with E-state index in [9.17, 15) is 4.79 Å². The molecule has 2 aromatic rings. The van der Waals surface area contributed by atoms with Gasteiger partial charge in [0.2, 0.25) is 0 Å². The maximum atomic E-state index is 12.0. The minimum absolute atomic E-state index is 0.0641. The van der Waals surface area contributed by atoms with Gasteiger partial charge in [-0.15, -0.1) is 0 Å². The first-order valence-corrected chi connectivity index (χ1v) is 9.48. The molecule has 0 bridgehead atoms. The van der Waals surface area contributed by atoms with E-state index in [-0.39, 0.29) is 18.1 Å². The van der Waals surface area contributed by atoms with Crippen molar-refractivity contribution in [2.45, 2.75) is 38.8 Å². The van der Waals surface area contributed by atoms with Crippen LogP contribution in [0.3, 0.4) is 0 Å². The Bertz CT molecular complexity index is 763. The van der Waals surface area contributed by atoms with Crippen LogP contribution in [0.25, 0.3) is 0 Å². The molecule has 1 saturated heterocycles. The topological polar surface area (TPSA) is 86.3 Å². The Balaban J connectivity index is 1.73. The van der Waals surface area contributed by atoms with E-state index >= 15 is 0 Å². The molecule has 0 aliphatic carbocycles. The number of carbonyl (C=O) groups is 1. The predicted octanol–water partition coefficient (Wildman–Crippen LogP) is 2.61. The highest BCUT2D eigenvalue weighted by molar-refractivity contribution is 7.10. The normalized spacial score (nSPS) is 19.9. The summed E-state index contributed by atoms with van der Waals surface area (Å²) in [6.45, 7) is 4.97. The van der Waals surface area contributed by atoms with Crippen molar-refractivity contribution in [3.8, 4) is 0 Å². The zero-order valence-electron chi connectivity index (χ0n) is 15.6. The quantitative estimate of drug-likeness (QED) is 0.854. The van der Waals surface area contributed by atoms with Crippen molar-refractivity contribution in [3.63, 3.8) is 0 Å². The van der Waals surface area contributed by atoms with Crippen LogP contribution in [0.2, 0.25) is 0 Å². The summed E-state index contributed by atoms with van der Waals surface area (Å²) >= 11 is 1.40. The van der Waals surface area contributed by atoms with Crippen LogP contribution in [0, 0.1) is 6.92 Å². The van der Waals surface area contributed by atoms with E-state index in [1.165, 1.54) is 11.5 Å². The number of rotatable bonds is 4. The van der Waals surface area contributed by atoms with Crippen molar-refractivity contribution in [3.05, 3.63) is 24.2 Å². The third-order valence-electron chi connectivity index (χ3n) is 4.50. The molecule has 2 amide bonds. The highest BCUT2D eigenvalue weighted by Gasteiger charge is 2.30. The van der Waals surface area contributed by atoms with Crippen LogP contribution in [0.4, 0.5) is 21.4 Å². The molecule has 8 nitrogen and oxygen atoms in total. The number of hydrogen-bond acceptors (Lipinski definition) is 7. The van der Waals surface area contributed by atoms with Crippen LogP contribution in [0.15, 0.2) is 18.5 Å². The summed E-state index contributed by atoms with van der Waals surface area (Å²) in [6.07, 6.45) is 5.44. The van der Waals surface area contributed by atoms with Crippen molar-refractivity contribution >= 4 is 34.2 Å². The van der Waals surface area contributed by atoms with Crippen LogP contribution in [0.1, 0.15) is 25.5 Å². The summed E-state index contributed by atoms with van der Waals surface area (Å²) < 4.78 is 4.27. The average Bonchev–Trinajstić information content (AvgIpc) is 3.01. The number of aromatic nitrogens is 3. The second-order valence-corrected chi connectivity index (χ2v) is 7.55. The van der Waals surface area contributed by atoms with Gasteiger partial charge in [-0.1, -0.05) is 0 Å². The Morgan fingerprint density at radius 3 is 2.88 bits per heavy atom. The van der Waals surface area contributed by atoms with Crippen molar-refractivity contribution in [2.75, 3.05) is 30.9 Å². The summed E-state index contributed by atoms with van der Waals surface area (Å²) in [6, 6.07) is 2.14. The van der Waals surface area contributed by atoms with Gasteiger partial charge in [0.15, 0.2) is 5.82 Å². The van der Waals surface area contributed by atoms with E-state index in [2.05, 4.69) is 31.8 Å². The summed E-state index contributed by atoms with van der Waals surface area (Å²) in [7, 11) is 3.50. The van der Waals surface area contributed by atoms with Crippen molar-refractivity contribution in [1.82, 2.24) is 24.6 Å². The molecular formula is C17H25N7OS.